The van der Waals surface area contributed by atoms with Gasteiger partial charge in [0.1, 0.15) is 4.88 Å². The summed E-state index contributed by atoms with van der Waals surface area (Å²) in [4.78, 5) is 42.0. The van der Waals surface area contributed by atoms with Gasteiger partial charge in [0.15, 0.2) is 5.52 Å². The number of carbonyl (C=O) groups excluding carboxylic acids is 1. The van der Waals surface area contributed by atoms with E-state index in [1.807, 2.05) is 37.3 Å². The number of hydrogen-bond donors (Lipinski definition) is 1. The number of amides is 1. The maximum atomic E-state index is 12.8. The first-order valence-electron chi connectivity index (χ1n) is 8.44. The van der Waals surface area contributed by atoms with Crippen LogP contribution < -0.4 is 11.2 Å². The Kier molecular flexibility index (Phi) is 5.32. The highest BCUT2D eigenvalue weighted by molar-refractivity contribution is 7.09. The molecular weight excluding hydrogens is 352 g/mol. The molecule has 0 atom stereocenters. The van der Waals surface area contributed by atoms with Crippen LogP contribution in [-0.4, -0.2) is 31.8 Å². The summed E-state index contributed by atoms with van der Waals surface area (Å²) in [6, 6.07) is 9.60. The lowest BCUT2D eigenvalue weighted by molar-refractivity contribution is 0.0791. The molecule has 2 aromatic heterocycles. The van der Waals surface area contributed by atoms with Crippen LogP contribution in [0.25, 0.3) is 11.0 Å². The summed E-state index contributed by atoms with van der Waals surface area (Å²) in [5, 5.41) is 0. The van der Waals surface area contributed by atoms with Crippen LogP contribution in [0.2, 0.25) is 0 Å². The molecule has 0 aliphatic carbocycles. The summed E-state index contributed by atoms with van der Waals surface area (Å²) < 4.78 is 5.28. The number of aromatic amines is 1. The molecule has 2 heterocycles. The van der Waals surface area contributed by atoms with Crippen molar-refractivity contribution in [1.29, 1.82) is 0 Å². The number of hydrogen-bond acceptors (Lipinski definition) is 5. The third kappa shape index (κ3) is 3.45. The SMILES string of the molecule is CCCCn1c(=O)[nH]c2c(C(=O)N(C)Cc3ccccc3)snc2c1=O. The van der Waals surface area contributed by atoms with Gasteiger partial charge in [-0.15, -0.1) is 0 Å². The monoisotopic (exact) mass is 372 g/mol. The van der Waals surface area contributed by atoms with Crippen LogP contribution in [0.5, 0.6) is 0 Å². The number of benzene rings is 1. The summed E-state index contributed by atoms with van der Waals surface area (Å²) in [5.41, 5.74) is 0.409. The number of fused-ring (bicyclic) bond motifs is 1. The third-order valence-corrected chi connectivity index (χ3v) is 4.99. The molecule has 26 heavy (non-hydrogen) atoms. The van der Waals surface area contributed by atoms with Crippen molar-refractivity contribution in [3.05, 3.63) is 61.6 Å². The zero-order valence-corrected chi connectivity index (χ0v) is 15.5. The molecule has 0 spiro atoms. The summed E-state index contributed by atoms with van der Waals surface area (Å²) in [6.45, 7) is 2.76. The second-order valence-corrected chi connectivity index (χ2v) is 6.90. The van der Waals surface area contributed by atoms with E-state index >= 15 is 0 Å². The van der Waals surface area contributed by atoms with Gasteiger partial charge in [-0.3, -0.25) is 14.2 Å². The van der Waals surface area contributed by atoms with E-state index in [-0.39, 0.29) is 21.8 Å². The number of nitrogens with zero attached hydrogens (tertiary/aromatic N) is 3. The zero-order chi connectivity index (χ0) is 18.7. The number of rotatable bonds is 6. The number of unbranched alkanes of at least 4 members (excludes halogenated alkanes) is 1. The van der Waals surface area contributed by atoms with Gasteiger partial charge < -0.3 is 9.88 Å². The molecule has 3 aromatic rings. The van der Waals surface area contributed by atoms with E-state index in [1.165, 1.54) is 0 Å². The van der Waals surface area contributed by atoms with Gasteiger partial charge in [0.05, 0.1) is 5.52 Å². The molecule has 0 radical (unpaired) electrons. The third-order valence-electron chi connectivity index (χ3n) is 4.16. The van der Waals surface area contributed by atoms with E-state index in [0.29, 0.717) is 13.1 Å². The fourth-order valence-electron chi connectivity index (χ4n) is 2.71. The van der Waals surface area contributed by atoms with Gasteiger partial charge in [0.2, 0.25) is 0 Å². The molecule has 0 unspecified atom stereocenters. The summed E-state index contributed by atoms with van der Waals surface area (Å²) in [7, 11) is 1.68. The van der Waals surface area contributed by atoms with Gasteiger partial charge in [-0.1, -0.05) is 43.7 Å². The molecule has 0 aliphatic heterocycles. The van der Waals surface area contributed by atoms with Gasteiger partial charge in [-0.2, -0.15) is 4.37 Å². The maximum absolute atomic E-state index is 12.8. The molecule has 7 nitrogen and oxygen atoms in total. The number of H-pyrrole nitrogens is 1. The molecular formula is C18H20N4O3S. The predicted octanol–water partition coefficient (Wildman–Crippen LogP) is 2.22. The molecule has 0 fully saturated rings. The zero-order valence-electron chi connectivity index (χ0n) is 14.7. The van der Waals surface area contributed by atoms with Crippen molar-refractivity contribution in [1.82, 2.24) is 18.8 Å². The van der Waals surface area contributed by atoms with Crippen LogP contribution >= 0.6 is 11.5 Å². The molecule has 0 aliphatic rings. The maximum Gasteiger partial charge on any atom is 0.328 e. The Morgan fingerprint density at radius 3 is 2.69 bits per heavy atom. The minimum atomic E-state index is -0.504. The first kappa shape index (κ1) is 18.1. The van der Waals surface area contributed by atoms with Gasteiger partial charge in [-0.25, -0.2) is 4.79 Å². The van der Waals surface area contributed by atoms with E-state index in [2.05, 4.69) is 9.36 Å². The second-order valence-electron chi connectivity index (χ2n) is 6.12. The van der Waals surface area contributed by atoms with Gasteiger partial charge in [0.25, 0.3) is 11.5 Å². The van der Waals surface area contributed by atoms with E-state index in [0.717, 1.165) is 34.5 Å². The van der Waals surface area contributed by atoms with Crippen molar-refractivity contribution >= 4 is 28.5 Å². The number of carbonyl (C=O) groups is 1. The Balaban J connectivity index is 1.94. The largest absolute Gasteiger partial charge is 0.337 e. The Bertz CT molecular complexity index is 1040. The molecule has 0 saturated heterocycles. The fourth-order valence-corrected chi connectivity index (χ4v) is 3.54. The quantitative estimate of drug-likeness (QED) is 0.719. The number of nitrogens with one attached hydrogen (secondary N) is 1. The van der Waals surface area contributed by atoms with Crippen LogP contribution in [0.1, 0.15) is 35.0 Å². The van der Waals surface area contributed by atoms with E-state index < -0.39 is 11.2 Å². The van der Waals surface area contributed by atoms with Crippen LogP contribution in [0, 0.1) is 0 Å². The van der Waals surface area contributed by atoms with Crippen molar-refractivity contribution in [3.63, 3.8) is 0 Å². The van der Waals surface area contributed by atoms with Crippen LogP contribution in [0.4, 0.5) is 0 Å². The highest BCUT2D eigenvalue weighted by Crippen LogP contribution is 2.19. The molecule has 8 heteroatoms. The minimum absolute atomic E-state index is 0.141. The standard InChI is InChI=1S/C18H20N4O3S/c1-3-4-10-22-16(23)14-13(19-18(22)25)15(26-20-14)17(24)21(2)11-12-8-6-5-7-9-12/h5-9H,3-4,10-11H2,1-2H3,(H,19,25). The van der Waals surface area contributed by atoms with E-state index in [9.17, 15) is 14.4 Å². The van der Waals surface area contributed by atoms with Crippen molar-refractivity contribution in [3.8, 4) is 0 Å². The summed E-state index contributed by atoms with van der Waals surface area (Å²) >= 11 is 0.941. The van der Waals surface area contributed by atoms with Crippen LogP contribution in [0.3, 0.4) is 0 Å². The second kappa shape index (κ2) is 7.65. The summed E-state index contributed by atoms with van der Waals surface area (Å²) in [6.07, 6.45) is 1.60. The number of aromatic nitrogens is 3. The molecule has 3 rings (SSSR count). The fraction of sp³-hybridized carbons (Fsp3) is 0.333. The minimum Gasteiger partial charge on any atom is -0.337 e. The Morgan fingerprint density at radius 2 is 2.00 bits per heavy atom. The lowest BCUT2D eigenvalue weighted by Crippen LogP contribution is -2.35. The average Bonchev–Trinajstić information content (AvgIpc) is 3.05. The first-order valence-corrected chi connectivity index (χ1v) is 9.22. The Hall–Kier alpha value is -2.74. The van der Waals surface area contributed by atoms with Crippen molar-refractivity contribution in [2.75, 3.05) is 7.05 Å². The van der Waals surface area contributed by atoms with Crippen LogP contribution in [-0.2, 0) is 13.1 Å². The highest BCUT2D eigenvalue weighted by Gasteiger charge is 2.22. The average molecular weight is 372 g/mol. The molecule has 0 bridgehead atoms. The van der Waals surface area contributed by atoms with Crippen LogP contribution in [0.15, 0.2) is 39.9 Å². The molecule has 0 saturated carbocycles. The van der Waals surface area contributed by atoms with Crippen molar-refractivity contribution < 1.29 is 4.79 Å². The van der Waals surface area contributed by atoms with E-state index in [4.69, 9.17) is 0 Å². The molecule has 1 aromatic carbocycles. The lowest BCUT2D eigenvalue weighted by Gasteiger charge is -2.16. The highest BCUT2D eigenvalue weighted by atomic mass is 32.1. The Labute approximate surface area is 154 Å². The molecule has 136 valence electrons. The van der Waals surface area contributed by atoms with Gasteiger partial charge >= 0.3 is 5.69 Å². The molecule has 1 amide bonds. The van der Waals surface area contributed by atoms with E-state index in [1.54, 1.807) is 11.9 Å². The smallest absolute Gasteiger partial charge is 0.328 e. The summed E-state index contributed by atoms with van der Waals surface area (Å²) in [5.74, 6) is -0.275. The van der Waals surface area contributed by atoms with Crippen molar-refractivity contribution in [2.45, 2.75) is 32.9 Å². The Morgan fingerprint density at radius 1 is 1.27 bits per heavy atom. The van der Waals surface area contributed by atoms with Crippen molar-refractivity contribution in [2.24, 2.45) is 0 Å². The topological polar surface area (TPSA) is 88.1 Å². The van der Waals surface area contributed by atoms with Gasteiger partial charge in [0, 0.05) is 20.1 Å². The van der Waals surface area contributed by atoms with Gasteiger partial charge in [-0.05, 0) is 23.5 Å². The molecule has 1 N–H and O–H groups in total. The normalized spacial score (nSPS) is 11.0. The predicted molar refractivity (Wildman–Crippen MR) is 102 cm³/mol. The first-order chi connectivity index (χ1) is 12.5. The lowest BCUT2D eigenvalue weighted by atomic mass is 10.2.